The summed E-state index contributed by atoms with van der Waals surface area (Å²) in [5, 5.41) is 2.13. The molecule has 0 radical (unpaired) electrons. The van der Waals surface area contributed by atoms with Crippen LogP contribution in [0.15, 0.2) is 41.4 Å². The first-order valence-corrected chi connectivity index (χ1v) is 11.0. The number of amides is 2. The van der Waals surface area contributed by atoms with Crippen molar-refractivity contribution in [1.29, 1.82) is 0 Å². The van der Waals surface area contributed by atoms with Crippen molar-refractivity contribution in [2.45, 2.75) is 11.8 Å². The van der Waals surface area contributed by atoms with Gasteiger partial charge < -0.3 is 14.0 Å². The molecule has 1 aromatic heterocycles. The molecule has 0 saturated carbocycles. The second-order valence-electron chi connectivity index (χ2n) is 6.95. The molecule has 2 aromatic rings. The number of benzene rings is 1. The molecule has 31 heavy (non-hydrogen) atoms. The van der Waals surface area contributed by atoms with Crippen LogP contribution in [0.3, 0.4) is 0 Å². The van der Waals surface area contributed by atoms with Gasteiger partial charge in [0.05, 0.1) is 23.7 Å². The number of sulfonamides is 1. The number of hydrogen-bond acceptors (Lipinski definition) is 7. The first kappa shape index (κ1) is 22.7. The van der Waals surface area contributed by atoms with E-state index >= 15 is 0 Å². The predicted molar refractivity (Wildman–Crippen MR) is 109 cm³/mol. The van der Waals surface area contributed by atoms with Crippen molar-refractivity contribution in [3.8, 4) is 0 Å². The smallest absolute Gasteiger partial charge is 0.338 e. The van der Waals surface area contributed by atoms with E-state index in [1.165, 1.54) is 22.5 Å². The van der Waals surface area contributed by atoms with Gasteiger partial charge in [0, 0.05) is 26.3 Å². The summed E-state index contributed by atoms with van der Waals surface area (Å²) in [5.41, 5.74) is 0.790. The molecule has 0 bridgehead atoms. The number of hydrogen-bond donors (Lipinski definition) is 1. The number of carbonyl (C=O) groups excluding carboxylic acids is 3. The third kappa shape index (κ3) is 5.19. The second kappa shape index (κ2) is 9.41. The number of aryl methyl sites for hydroxylation is 2. The van der Waals surface area contributed by atoms with Crippen LogP contribution in [-0.4, -0.2) is 68.0 Å². The highest BCUT2D eigenvalue weighted by Gasteiger charge is 2.27. The molecule has 11 heteroatoms. The van der Waals surface area contributed by atoms with Gasteiger partial charge in [-0.1, -0.05) is 6.07 Å². The van der Waals surface area contributed by atoms with Crippen molar-refractivity contribution in [3.05, 3.63) is 53.3 Å². The normalized spacial score (nSPS) is 14.8. The van der Waals surface area contributed by atoms with E-state index < -0.39 is 34.4 Å². The Morgan fingerprint density at radius 3 is 2.52 bits per heavy atom. The quantitative estimate of drug-likeness (QED) is 0.636. The van der Waals surface area contributed by atoms with E-state index in [2.05, 4.69) is 5.32 Å². The molecule has 0 unspecified atom stereocenters. The fourth-order valence-electron chi connectivity index (χ4n) is 3.05. The SMILES string of the molecule is Cc1ccc(S(=O)(=O)N2CCOCC2)cc1C(=O)OCC(=O)NC(=O)c1cccn1C. The zero-order valence-electron chi connectivity index (χ0n) is 17.2. The summed E-state index contributed by atoms with van der Waals surface area (Å²) >= 11 is 0. The zero-order chi connectivity index (χ0) is 22.6. The van der Waals surface area contributed by atoms with E-state index in [1.54, 1.807) is 36.9 Å². The van der Waals surface area contributed by atoms with Crippen LogP contribution in [0.5, 0.6) is 0 Å². The van der Waals surface area contributed by atoms with Gasteiger partial charge in [-0.15, -0.1) is 0 Å². The Kier molecular flexibility index (Phi) is 6.88. The van der Waals surface area contributed by atoms with E-state index in [9.17, 15) is 22.8 Å². The van der Waals surface area contributed by atoms with Gasteiger partial charge in [0.25, 0.3) is 11.8 Å². The van der Waals surface area contributed by atoms with E-state index in [1.807, 2.05) is 0 Å². The molecular formula is C20H23N3O7S. The molecule has 0 aliphatic carbocycles. The maximum atomic E-state index is 12.8. The molecule has 0 atom stereocenters. The molecule has 2 amide bonds. The largest absolute Gasteiger partial charge is 0.452 e. The molecule has 1 aromatic carbocycles. The average Bonchev–Trinajstić information content (AvgIpc) is 3.19. The van der Waals surface area contributed by atoms with E-state index in [0.717, 1.165) is 0 Å². The first-order valence-electron chi connectivity index (χ1n) is 9.51. The Morgan fingerprint density at radius 2 is 1.87 bits per heavy atom. The van der Waals surface area contributed by atoms with Crippen LogP contribution < -0.4 is 5.32 Å². The number of aromatic nitrogens is 1. The lowest BCUT2D eigenvalue weighted by atomic mass is 10.1. The number of rotatable bonds is 6. The molecule has 1 saturated heterocycles. The number of imide groups is 1. The zero-order valence-corrected chi connectivity index (χ0v) is 18.0. The van der Waals surface area contributed by atoms with Gasteiger partial charge in [-0.2, -0.15) is 4.31 Å². The van der Waals surface area contributed by atoms with Crippen molar-refractivity contribution < 1.29 is 32.3 Å². The maximum Gasteiger partial charge on any atom is 0.338 e. The van der Waals surface area contributed by atoms with Crippen LogP contribution in [0.1, 0.15) is 26.4 Å². The van der Waals surface area contributed by atoms with Gasteiger partial charge in [0.15, 0.2) is 6.61 Å². The van der Waals surface area contributed by atoms with Gasteiger partial charge in [-0.05, 0) is 36.8 Å². The lowest BCUT2D eigenvalue weighted by molar-refractivity contribution is -0.123. The number of esters is 1. The van der Waals surface area contributed by atoms with Crippen molar-refractivity contribution in [3.63, 3.8) is 0 Å². The minimum atomic E-state index is -3.79. The Bertz CT molecular complexity index is 1100. The highest BCUT2D eigenvalue weighted by atomic mass is 32.2. The van der Waals surface area contributed by atoms with Crippen molar-refractivity contribution in [2.75, 3.05) is 32.9 Å². The summed E-state index contributed by atoms with van der Waals surface area (Å²) in [6, 6.07) is 7.35. The van der Waals surface area contributed by atoms with Crippen LogP contribution in [0, 0.1) is 6.92 Å². The van der Waals surface area contributed by atoms with Crippen molar-refractivity contribution >= 4 is 27.8 Å². The van der Waals surface area contributed by atoms with Gasteiger partial charge >= 0.3 is 5.97 Å². The summed E-state index contributed by atoms with van der Waals surface area (Å²) in [7, 11) is -2.14. The minimum Gasteiger partial charge on any atom is -0.452 e. The Labute approximate surface area is 179 Å². The van der Waals surface area contributed by atoms with Gasteiger partial charge in [0.1, 0.15) is 5.69 Å². The highest BCUT2D eigenvalue weighted by molar-refractivity contribution is 7.89. The Morgan fingerprint density at radius 1 is 1.16 bits per heavy atom. The third-order valence-corrected chi connectivity index (χ3v) is 6.70. The molecule has 1 fully saturated rings. The molecule has 10 nitrogen and oxygen atoms in total. The molecule has 1 aliphatic rings. The second-order valence-corrected chi connectivity index (χ2v) is 8.89. The summed E-state index contributed by atoms with van der Waals surface area (Å²) in [6.07, 6.45) is 1.65. The number of morpholine rings is 1. The van der Waals surface area contributed by atoms with Crippen LogP contribution >= 0.6 is 0 Å². The predicted octanol–water partition coefficient (Wildman–Crippen LogP) is 0.468. The molecule has 1 aliphatic heterocycles. The number of carbonyl (C=O) groups is 3. The van der Waals surface area contributed by atoms with Crippen LogP contribution in [-0.2, 0) is 31.3 Å². The number of ether oxygens (including phenoxy) is 2. The van der Waals surface area contributed by atoms with Gasteiger partial charge in [0.2, 0.25) is 10.0 Å². The van der Waals surface area contributed by atoms with E-state index in [-0.39, 0.29) is 29.2 Å². The Hall–Kier alpha value is -3.02. The summed E-state index contributed by atoms with van der Waals surface area (Å²) in [5.74, 6) is -2.28. The van der Waals surface area contributed by atoms with Crippen LogP contribution in [0.25, 0.3) is 0 Å². The van der Waals surface area contributed by atoms with Gasteiger partial charge in [-0.25, -0.2) is 13.2 Å². The first-order chi connectivity index (χ1) is 14.7. The Balaban J connectivity index is 1.66. The molecule has 1 N–H and O–H groups in total. The standard InChI is InChI=1S/C20H23N3O7S/c1-14-5-6-15(31(27,28)23-8-10-29-11-9-23)12-16(14)20(26)30-13-18(24)21-19(25)17-4-3-7-22(17)2/h3-7,12H,8-11,13H2,1-2H3,(H,21,24,25). The van der Waals surface area contributed by atoms with Crippen LogP contribution in [0.2, 0.25) is 0 Å². The van der Waals surface area contributed by atoms with Gasteiger partial charge in [-0.3, -0.25) is 14.9 Å². The van der Waals surface area contributed by atoms with E-state index in [4.69, 9.17) is 9.47 Å². The summed E-state index contributed by atoms with van der Waals surface area (Å²) < 4.78 is 38.6. The van der Waals surface area contributed by atoms with E-state index in [0.29, 0.717) is 18.8 Å². The number of nitrogens with zero attached hydrogens (tertiary/aromatic N) is 2. The molecule has 0 spiro atoms. The minimum absolute atomic E-state index is 0.0240. The maximum absolute atomic E-state index is 12.8. The molecule has 2 heterocycles. The number of nitrogens with one attached hydrogen (secondary N) is 1. The van der Waals surface area contributed by atoms with Crippen molar-refractivity contribution in [1.82, 2.24) is 14.2 Å². The highest BCUT2D eigenvalue weighted by Crippen LogP contribution is 2.21. The molecule has 3 rings (SSSR count). The monoisotopic (exact) mass is 449 g/mol. The third-order valence-electron chi connectivity index (χ3n) is 4.80. The lowest BCUT2D eigenvalue weighted by Gasteiger charge is -2.26. The van der Waals surface area contributed by atoms with Crippen LogP contribution in [0.4, 0.5) is 0 Å². The lowest BCUT2D eigenvalue weighted by Crippen LogP contribution is -2.40. The van der Waals surface area contributed by atoms with Crippen molar-refractivity contribution in [2.24, 2.45) is 7.05 Å². The summed E-state index contributed by atoms with van der Waals surface area (Å²) in [6.45, 7) is 2.00. The fraction of sp³-hybridized carbons (Fsp3) is 0.350. The topological polar surface area (TPSA) is 124 Å². The summed E-state index contributed by atoms with van der Waals surface area (Å²) in [4.78, 5) is 36.4. The molecular weight excluding hydrogens is 426 g/mol. The fourth-order valence-corrected chi connectivity index (χ4v) is 4.48. The molecule has 166 valence electrons. The average molecular weight is 449 g/mol.